The molecule has 0 aliphatic heterocycles. The van der Waals surface area contributed by atoms with Crippen LogP contribution in [0.3, 0.4) is 0 Å². The number of hydrogen-bond acceptors (Lipinski definition) is 15. The van der Waals surface area contributed by atoms with Gasteiger partial charge in [-0.3, -0.25) is 37.3 Å². The highest BCUT2D eigenvalue weighted by Crippen LogP contribution is 2.45. The van der Waals surface area contributed by atoms with Crippen molar-refractivity contribution in [2.45, 2.75) is 458 Å². The van der Waals surface area contributed by atoms with Crippen molar-refractivity contribution < 1.29 is 80.2 Å². The standard InChI is InChI=1S/C84H164O17P2/c1-8-11-12-13-14-15-16-17-18-19-23-26-29-32-38-43-51-58-65-81(86)94-71-79(100-83(88)67-60-53-44-39-33-30-27-24-21-20-22-25-28-31-36-41-49-56-63-76(6)9-2)73-98-102(90,91)96-69-78(85)70-97-103(92,93)99-74-80(72-95-82(87)66-59-52-47-46-48-55-62-75(4)5)101-84(89)68-61-54-45-40-35-34-37-42-50-57-64-77(7)10-3/h75-80,85H,8-74H2,1-7H3,(H,90,91)(H,92,93)/t76?,77?,78-,79-,80-/m1/s1. The Bertz CT molecular complexity index is 2000. The van der Waals surface area contributed by atoms with Crippen molar-refractivity contribution in [3.63, 3.8) is 0 Å². The smallest absolute Gasteiger partial charge is 0.462 e. The molecule has 0 saturated heterocycles. The molecule has 0 amide bonds. The zero-order valence-corrected chi connectivity index (χ0v) is 69.6. The lowest BCUT2D eigenvalue weighted by Gasteiger charge is -2.21. The normalized spacial score (nSPS) is 14.4. The van der Waals surface area contributed by atoms with Gasteiger partial charge in [-0.1, -0.05) is 389 Å². The number of esters is 4. The van der Waals surface area contributed by atoms with Gasteiger partial charge in [-0.2, -0.15) is 0 Å². The van der Waals surface area contributed by atoms with Crippen LogP contribution in [0.5, 0.6) is 0 Å². The van der Waals surface area contributed by atoms with Gasteiger partial charge in [-0.05, 0) is 43.4 Å². The van der Waals surface area contributed by atoms with Gasteiger partial charge in [0.25, 0.3) is 0 Å². The molecule has 612 valence electrons. The Morgan fingerprint density at radius 1 is 0.282 bits per heavy atom. The number of unbranched alkanes of at least 4 members (excludes halogenated alkanes) is 48. The molecule has 19 heteroatoms. The van der Waals surface area contributed by atoms with Crippen molar-refractivity contribution in [3.05, 3.63) is 0 Å². The van der Waals surface area contributed by atoms with E-state index in [0.29, 0.717) is 31.6 Å². The minimum atomic E-state index is -4.96. The van der Waals surface area contributed by atoms with Gasteiger partial charge in [0.15, 0.2) is 12.2 Å². The molecule has 0 saturated carbocycles. The number of ether oxygens (including phenoxy) is 4. The first-order valence-corrected chi connectivity index (χ1v) is 46.4. The predicted molar refractivity (Wildman–Crippen MR) is 423 cm³/mol. The zero-order chi connectivity index (χ0) is 75.8. The molecule has 7 atom stereocenters. The molecular formula is C84H164O17P2. The molecule has 0 aliphatic carbocycles. The Morgan fingerprint density at radius 3 is 0.738 bits per heavy atom. The Morgan fingerprint density at radius 2 is 0.495 bits per heavy atom. The topological polar surface area (TPSA) is 237 Å². The van der Waals surface area contributed by atoms with Crippen molar-refractivity contribution in [2.24, 2.45) is 17.8 Å². The molecule has 4 unspecified atom stereocenters. The minimum absolute atomic E-state index is 0.105. The lowest BCUT2D eigenvalue weighted by molar-refractivity contribution is -0.161. The molecule has 0 radical (unpaired) electrons. The van der Waals surface area contributed by atoms with Crippen LogP contribution < -0.4 is 0 Å². The second-order valence-electron chi connectivity index (χ2n) is 31.2. The summed E-state index contributed by atoms with van der Waals surface area (Å²) in [6, 6.07) is 0. The van der Waals surface area contributed by atoms with E-state index in [0.717, 1.165) is 108 Å². The Hall–Kier alpha value is -1.94. The van der Waals surface area contributed by atoms with Crippen LogP contribution in [0.2, 0.25) is 0 Å². The molecule has 0 fully saturated rings. The number of hydrogen-bond donors (Lipinski definition) is 3. The van der Waals surface area contributed by atoms with Crippen LogP contribution in [0.25, 0.3) is 0 Å². The van der Waals surface area contributed by atoms with Crippen LogP contribution in [-0.2, 0) is 65.4 Å². The van der Waals surface area contributed by atoms with E-state index in [9.17, 15) is 43.2 Å². The van der Waals surface area contributed by atoms with E-state index in [1.165, 1.54) is 244 Å². The molecule has 0 bridgehead atoms. The summed E-state index contributed by atoms with van der Waals surface area (Å²) in [5, 5.41) is 10.7. The summed E-state index contributed by atoms with van der Waals surface area (Å²) in [5.74, 6) is 0.243. The first-order valence-electron chi connectivity index (χ1n) is 43.4. The molecule has 0 heterocycles. The maximum absolute atomic E-state index is 13.1. The second kappa shape index (κ2) is 74.2. The van der Waals surface area contributed by atoms with Gasteiger partial charge in [0.05, 0.1) is 26.4 Å². The highest BCUT2D eigenvalue weighted by Gasteiger charge is 2.30. The fraction of sp³-hybridized carbons (Fsp3) is 0.952. The van der Waals surface area contributed by atoms with E-state index >= 15 is 0 Å². The van der Waals surface area contributed by atoms with Gasteiger partial charge in [0, 0.05) is 25.7 Å². The number of phosphoric ester groups is 2. The summed E-state index contributed by atoms with van der Waals surface area (Å²) in [5.41, 5.74) is 0. The predicted octanol–water partition coefficient (Wildman–Crippen LogP) is 25.3. The van der Waals surface area contributed by atoms with Crippen LogP contribution in [0.4, 0.5) is 0 Å². The van der Waals surface area contributed by atoms with E-state index in [1.807, 2.05) is 0 Å². The second-order valence-corrected chi connectivity index (χ2v) is 34.1. The minimum Gasteiger partial charge on any atom is -0.462 e. The van der Waals surface area contributed by atoms with Gasteiger partial charge < -0.3 is 33.8 Å². The highest BCUT2D eigenvalue weighted by atomic mass is 31.2. The fourth-order valence-corrected chi connectivity index (χ4v) is 14.5. The molecule has 17 nitrogen and oxygen atoms in total. The van der Waals surface area contributed by atoms with Crippen molar-refractivity contribution in [1.29, 1.82) is 0 Å². The molecule has 0 aromatic rings. The van der Waals surface area contributed by atoms with Crippen molar-refractivity contribution in [1.82, 2.24) is 0 Å². The Kier molecular flexibility index (Phi) is 72.8. The summed E-state index contributed by atoms with van der Waals surface area (Å²) in [7, 11) is -9.92. The molecule has 3 N–H and O–H groups in total. The summed E-state index contributed by atoms with van der Waals surface area (Å²) in [6.07, 6.45) is 64.0. The summed E-state index contributed by atoms with van der Waals surface area (Å²) in [4.78, 5) is 73.1. The first kappa shape index (κ1) is 101. The van der Waals surface area contributed by atoms with E-state index in [4.69, 9.17) is 37.0 Å². The first-order chi connectivity index (χ1) is 49.8. The number of phosphoric acid groups is 2. The quantitative estimate of drug-likeness (QED) is 0.0222. The van der Waals surface area contributed by atoms with Gasteiger partial charge in [-0.25, -0.2) is 9.13 Å². The molecule has 103 heavy (non-hydrogen) atoms. The van der Waals surface area contributed by atoms with Crippen LogP contribution in [0.1, 0.15) is 440 Å². The SMILES string of the molecule is CCCCCCCCCCCCCCCCCCCCC(=O)OC[C@H](COP(=O)(O)OC[C@@H](O)COP(=O)(O)OC[C@@H](COC(=O)CCCCCCCCC(C)C)OC(=O)CCCCCCCCCCCCC(C)CC)OC(=O)CCCCCCCCCCCCCCCCCCCCC(C)CC. The molecule has 0 aromatic carbocycles. The lowest BCUT2D eigenvalue weighted by Crippen LogP contribution is -2.30. The Balaban J connectivity index is 5.21. The maximum atomic E-state index is 13.1. The summed E-state index contributed by atoms with van der Waals surface area (Å²) in [6.45, 7) is 12.0. The number of carbonyl (C=O) groups excluding carboxylic acids is 4. The maximum Gasteiger partial charge on any atom is 0.472 e. The zero-order valence-electron chi connectivity index (χ0n) is 67.8. The molecule has 0 rings (SSSR count). The molecule has 0 aliphatic rings. The number of aliphatic hydroxyl groups excluding tert-OH is 1. The third-order valence-electron chi connectivity index (χ3n) is 20.4. The van der Waals surface area contributed by atoms with Crippen LogP contribution in [-0.4, -0.2) is 96.7 Å². The summed E-state index contributed by atoms with van der Waals surface area (Å²) >= 11 is 0. The Labute approximate surface area is 632 Å². The van der Waals surface area contributed by atoms with Crippen LogP contribution in [0.15, 0.2) is 0 Å². The molecule has 0 aromatic heterocycles. The third-order valence-corrected chi connectivity index (χ3v) is 22.3. The van der Waals surface area contributed by atoms with Crippen LogP contribution >= 0.6 is 15.6 Å². The lowest BCUT2D eigenvalue weighted by atomic mass is 9.99. The number of aliphatic hydroxyl groups is 1. The monoisotopic (exact) mass is 1510 g/mol. The fourth-order valence-electron chi connectivity index (χ4n) is 13.0. The van der Waals surface area contributed by atoms with E-state index in [1.54, 1.807) is 0 Å². The van der Waals surface area contributed by atoms with E-state index < -0.39 is 97.5 Å². The third kappa shape index (κ3) is 75.3. The highest BCUT2D eigenvalue weighted by molar-refractivity contribution is 7.47. The van der Waals surface area contributed by atoms with E-state index in [2.05, 4.69) is 48.5 Å². The number of carbonyl (C=O) groups is 4. The van der Waals surface area contributed by atoms with Crippen molar-refractivity contribution >= 4 is 39.5 Å². The van der Waals surface area contributed by atoms with Crippen molar-refractivity contribution in [3.8, 4) is 0 Å². The van der Waals surface area contributed by atoms with Crippen molar-refractivity contribution in [2.75, 3.05) is 39.6 Å². The van der Waals surface area contributed by atoms with Crippen LogP contribution in [0, 0.1) is 17.8 Å². The summed E-state index contributed by atoms with van der Waals surface area (Å²) < 4.78 is 68.8. The largest absolute Gasteiger partial charge is 0.472 e. The average molecular weight is 1510 g/mol. The van der Waals surface area contributed by atoms with Gasteiger partial charge >= 0.3 is 39.5 Å². The van der Waals surface area contributed by atoms with Gasteiger partial charge in [0.1, 0.15) is 19.3 Å². The molecular weight excluding hydrogens is 1340 g/mol. The number of rotatable bonds is 82. The van der Waals surface area contributed by atoms with E-state index in [-0.39, 0.29) is 25.7 Å². The molecule has 0 spiro atoms. The van der Waals surface area contributed by atoms with Gasteiger partial charge in [-0.15, -0.1) is 0 Å². The van der Waals surface area contributed by atoms with Gasteiger partial charge in [0.2, 0.25) is 0 Å². The average Bonchev–Trinajstić information content (AvgIpc) is 1.14.